The van der Waals surface area contributed by atoms with Crippen molar-refractivity contribution in [1.82, 2.24) is 0 Å². The number of hydrogen-bond acceptors (Lipinski definition) is 1. The smallest absolute Gasteiger partial charge is 0.307 e. The molecule has 1 saturated carbocycles. The first-order valence-electron chi connectivity index (χ1n) is 4.17. The normalized spacial score (nSPS) is 25.6. The van der Waals surface area contributed by atoms with Crippen LogP contribution in [0.15, 0.2) is 24.3 Å². The standard InChI is InChI=1S/C10H9FO2/c11-7-3-1-2-6(4-7)8-5-9(8)10(12)13/h1-4,8-9H,5H2,(H,12,13)/t8?,9-/m1/s1. The van der Waals surface area contributed by atoms with Crippen molar-refractivity contribution in [1.29, 1.82) is 0 Å². The van der Waals surface area contributed by atoms with Crippen LogP contribution in [0.5, 0.6) is 0 Å². The fraction of sp³-hybridized carbons (Fsp3) is 0.300. The lowest BCUT2D eigenvalue weighted by atomic mass is 10.1. The highest BCUT2D eigenvalue weighted by Gasteiger charge is 2.44. The molecular formula is C10H9FO2. The van der Waals surface area contributed by atoms with E-state index in [-0.39, 0.29) is 17.7 Å². The summed E-state index contributed by atoms with van der Waals surface area (Å²) in [5.41, 5.74) is 0.799. The van der Waals surface area contributed by atoms with E-state index in [4.69, 9.17) is 5.11 Å². The zero-order valence-corrected chi connectivity index (χ0v) is 6.90. The molecule has 0 spiro atoms. The van der Waals surface area contributed by atoms with Gasteiger partial charge >= 0.3 is 5.97 Å². The quantitative estimate of drug-likeness (QED) is 0.755. The van der Waals surface area contributed by atoms with E-state index < -0.39 is 5.97 Å². The van der Waals surface area contributed by atoms with Gasteiger partial charge in [0.05, 0.1) is 5.92 Å². The van der Waals surface area contributed by atoms with Crippen molar-refractivity contribution in [3.8, 4) is 0 Å². The second kappa shape index (κ2) is 2.83. The number of hydrogen-bond donors (Lipinski definition) is 1. The van der Waals surface area contributed by atoms with Crippen LogP contribution in [0.3, 0.4) is 0 Å². The number of carbonyl (C=O) groups is 1. The topological polar surface area (TPSA) is 37.3 Å². The maximum atomic E-state index is 12.7. The first-order valence-corrected chi connectivity index (χ1v) is 4.17. The van der Waals surface area contributed by atoms with Gasteiger partial charge in [-0.25, -0.2) is 4.39 Å². The monoisotopic (exact) mass is 180 g/mol. The van der Waals surface area contributed by atoms with E-state index in [2.05, 4.69) is 0 Å². The van der Waals surface area contributed by atoms with Crippen LogP contribution >= 0.6 is 0 Å². The van der Waals surface area contributed by atoms with Gasteiger partial charge in [0.1, 0.15) is 5.82 Å². The molecule has 1 aliphatic rings. The molecule has 2 nitrogen and oxygen atoms in total. The minimum Gasteiger partial charge on any atom is -0.481 e. The van der Waals surface area contributed by atoms with Crippen LogP contribution in [0.4, 0.5) is 4.39 Å². The van der Waals surface area contributed by atoms with E-state index in [9.17, 15) is 9.18 Å². The van der Waals surface area contributed by atoms with Gasteiger partial charge in [-0.2, -0.15) is 0 Å². The molecule has 0 bridgehead atoms. The molecule has 0 amide bonds. The Bertz CT molecular complexity index is 349. The summed E-state index contributed by atoms with van der Waals surface area (Å²) in [6, 6.07) is 6.16. The van der Waals surface area contributed by atoms with Crippen LogP contribution in [0.25, 0.3) is 0 Å². The van der Waals surface area contributed by atoms with Crippen molar-refractivity contribution in [3.05, 3.63) is 35.6 Å². The summed E-state index contributed by atoms with van der Waals surface area (Å²) in [5, 5.41) is 8.66. The Kier molecular flexibility index (Phi) is 1.79. The molecule has 0 aliphatic heterocycles. The fourth-order valence-corrected chi connectivity index (χ4v) is 1.57. The molecule has 1 unspecified atom stereocenters. The molecule has 1 aliphatic carbocycles. The van der Waals surface area contributed by atoms with Crippen LogP contribution < -0.4 is 0 Å². The van der Waals surface area contributed by atoms with E-state index in [1.807, 2.05) is 0 Å². The van der Waals surface area contributed by atoms with Crippen LogP contribution in [0.1, 0.15) is 17.9 Å². The molecule has 1 N–H and O–H groups in total. The Balaban J connectivity index is 2.16. The third kappa shape index (κ3) is 1.54. The van der Waals surface area contributed by atoms with Crippen LogP contribution in [-0.4, -0.2) is 11.1 Å². The fourth-order valence-electron chi connectivity index (χ4n) is 1.57. The van der Waals surface area contributed by atoms with Gasteiger partial charge in [-0.15, -0.1) is 0 Å². The zero-order valence-electron chi connectivity index (χ0n) is 6.90. The van der Waals surface area contributed by atoms with Crippen molar-refractivity contribution >= 4 is 5.97 Å². The largest absolute Gasteiger partial charge is 0.481 e. The molecule has 68 valence electrons. The second-order valence-electron chi connectivity index (χ2n) is 3.34. The molecule has 0 saturated heterocycles. The summed E-state index contributed by atoms with van der Waals surface area (Å²) in [6.07, 6.45) is 0.638. The summed E-state index contributed by atoms with van der Waals surface area (Å²) in [7, 11) is 0. The molecule has 2 atom stereocenters. The molecule has 1 fully saturated rings. The molecule has 0 heterocycles. The molecule has 3 heteroatoms. The lowest BCUT2D eigenvalue weighted by Crippen LogP contribution is -1.98. The maximum Gasteiger partial charge on any atom is 0.307 e. The van der Waals surface area contributed by atoms with Gasteiger partial charge in [-0.3, -0.25) is 4.79 Å². The van der Waals surface area contributed by atoms with Gasteiger partial charge in [-0.1, -0.05) is 12.1 Å². The van der Waals surface area contributed by atoms with Gasteiger partial charge in [0.25, 0.3) is 0 Å². The number of benzene rings is 1. The van der Waals surface area contributed by atoms with Crippen LogP contribution in [0, 0.1) is 11.7 Å². The Hall–Kier alpha value is -1.38. The lowest BCUT2D eigenvalue weighted by molar-refractivity contribution is -0.138. The highest BCUT2D eigenvalue weighted by Crippen LogP contribution is 2.47. The van der Waals surface area contributed by atoms with Crippen LogP contribution in [0.2, 0.25) is 0 Å². The number of carboxylic acids is 1. The average Bonchev–Trinajstić information content (AvgIpc) is 2.82. The van der Waals surface area contributed by atoms with Crippen LogP contribution in [-0.2, 0) is 4.79 Å². The summed E-state index contributed by atoms with van der Waals surface area (Å²) < 4.78 is 12.7. The van der Waals surface area contributed by atoms with E-state index in [0.717, 1.165) is 5.56 Å². The second-order valence-corrected chi connectivity index (χ2v) is 3.34. The van der Waals surface area contributed by atoms with Crippen molar-refractivity contribution in [2.75, 3.05) is 0 Å². The van der Waals surface area contributed by atoms with E-state index in [1.54, 1.807) is 12.1 Å². The van der Waals surface area contributed by atoms with E-state index >= 15 is 0 Å². The Morgan fingerprint density at radius 1 is 1.54 bits per heavy atom. The van der Waals surface area contributed by atoms with Gasteiger partial charge < -0.3 is 5.11 Å². The third-order valence-corrected chi connectivity index (χ3v) is 2.38. The number of rotatable bonds is 2. The van der Waals surface area contributed by atoms with Gasteiger partial charge in [0, 0.05) is 0 Å². The molecule has 1 aromatic carbocycles. The van der Waals surface area contributed by atoms with Gasteiger partial charge in [0.2, 0.25) is 0 Å². The first kappa shape index (κ1) is 8.23. The SMILES string of the molecule is O=C(O)[C@@H]1CC1c1cccc(F)c1. The Morgan fingerprint density at radius 2 is 2.31 bits per heavy atom. The van der Waals surface area contributed by atoms with Crippen molar-refractivity contribution in [2.24, 2.45) is 5.92 Å². The highest BCUT2D eigenvalue weighted by molar-refractivity contribution is 5.75. The summed E-state index contributed by atoms with van der Waals surface area (Å²) in [6.45, 7) is 0. The van der Waals surface area contributed by atoms with Crippen molar-refractivity contribution in [3.63, 3.8) is 0 Å². The molecule has 0 radical (unpaired) electrons. The summed E-state index contributed by atoms with van der Waals surface area (Å²) in [4.78, 5) is 10.5. The molecule has 2 rings (SSSR count). The summed E-state index contributed by atoms with van der Waals surface area (Å²) in [5.74, 6) is -1.36. The zero-order chi connectivity index (χ0) is 9.42. The number of aliphatic carboxylic acids is 1. The molecule has 0 aromatic heterocycles. The molecule has 13 heavy (non-hydrogen) atoms. The average molecular weight is 180 g/mol. The lowest BCUT2D eigenvalue weighted by Gasteiger charge is -1.97. The van der Waals surface area contributed by atoms with Gasteiger partial charge in [0.15, 0.2) is 0 Å². The first-order chi connectivity index (χ1) is 6.18. The number of carboxylic acid groups (broad SMARTS) is 1. The number of halogens is 1. The Morgan fingerprint density at radius 3 is 2.85 bits per heavy atom. The minimum absolute atomic E-state index is 0.0215. The van der Waals surface area contributed by atoms with Crippen molar-refractivity contribution in [2.45, 2.75) is 12.3 Å². The minimum atomic E-state index is -0.783. The van der Waals surface area contributed by atoms with E-state index in [1.165, 1.54) is 12.1 Å². The summed E-state index contributed by atoms with van der Waals surface area (Å²) >= 11 is 0. The third-order valence-electron chi connectivity index (χ3n) is 2.38. The predicted molar refractivity (Wildman–Crippen MR) is 44.9 cm³/mol. The molecular weight excluding hydrogens is 171 g/mol. The maximum absolute atomic E-state index is 12.7. The molecule has 1 aromatic rings. The highest BCUT2D eigenvalue weighted by atomic mass is 19.1. The van der Waals surface area contributed by atoms with Crippen molar-refractivity contribution < 1.29 is 14.3 Å². The predicted octanol–water partition coefficient (Wildman–Crippen LogP) is 2.01. The van der Waals surface area contributed by atoms with Gasteiger partial charge in [-0.05, 0) is 30.0 Å². The van der Waals surface area contributed by atoms with E-state index in [0.29, 0.717) is 6.42 Å². The Labute approximate surface area is 75.0 Å².